The van der Waals surface area contributed by atoms with Crippen molar-refractivity contribution in [2.24, 2.45) is 0 Å². The molecule has 0 unspecified atom stereocenters. The van der Waals surface area contributed by atoms with Crippen LogP contribution >= 0.6 is 0 Å². The molecule has 0 atom stereocenters. The lowest BCUT2D eigenvalue weighted by Gasteiger charge is -2.41. The first-order valence-corrected chi connectivity index (χ1v) is 15.1. The molecule has 0 rings (SSSR count). The van der Waals surface area contributed by atoms with E-state index in [1.54, 1.807) is 0 Å². The van der Waals surface area contributed by atoms with Gasteiger partial charge in [0.1, 0.15) is 8.24 Å². The molecule has 0 aromatic rings. The second-order valence-corrected chi connectivity index (χ2v) is 15.3. The summed E-state index contributed by atoms with van der Waals surface area (Å²) in [5.41, 5.74) is 0. The third-order valence-electron chi connectivity index (χ3n) is 5.39. The van der Waals surface area contributed by atoms with Crippen LogP contribution in [0, 0.1) is 0 Å². The summed E-state index contributed by atoms with van der Waals surface area (Å²) in [5.74, 6) is 0. The molecule has 0 aliphatic carbocycles. The highest BCUT2D eigenvalue weighted by Gasteiger charge is 2.35. The fourth-order valence-corrected chi connectivity index (χ4v) is 10.2. The quantitative estimate of drug-likeness (QED) is 0.353. The molecule has 0 radical (unpaired) electrons. The molecule has 0 bridgehead atoms. The minimum Gasteiger partial charge on any atom is -0.395 e. The summed E-state index contributed by atoms with van der Waals surface area (Å²) in [6, 6.07) is 5.28. The van der Waals surface area contributed by atoms with Gasteiger partial charge >= 0.3 is 8.56 Å². The highest BCUT2D eigenvalue weighted by molar-refractivity contribution is 6.77. The van der Waals surface area contributed by atoms with Crippen LogP contribution in [0.15, 0.2) is 0 Å². The number of nitrogens with zero attached hydrogens (tertiary/aromatic N) is 1. The molecule has 3 nitrogen and oxygen atoms in total. The van der Waals surface area contributed by atoms with Gasteiger partial charge in [0.15, 0.2) is 0 Å². The van der Waals surface area contributed by atoms with Crippen molar-refractivity contribution in [1.29, 1.82) is 0 Å². The van der Waals surface area contributed by atoms with E-state index in [1.807, 2.05) is 0 Å². The van der Waals surface area contributed by atoms with E-state index in [-0.39, 0.29) is 0 Å². The Morgan fingerprint density at radius 1 is 0.739 bits per heavy atom. The first kappa shape index (κ1) is 23.3. The van der Waals surface area contributed by atoms with Crippen molar-refractivity contribution in [3.05, 3.63) is 0 Å². The van der Waals surface area contributed by atoms with Crippen molar-refractivity contribution in [2.75, 3.05) is 26.3 Å². The number of unbranched alkanes of at least 4 members (excludes halogenated alkanes) is 1. The van der Waals surface area contributed by atoms with Gasteiger partial charge in [-0.15, -0.1) is 0 Å². The molecule has 23 heavy (non-hydrogen) atoms. The Balaban J connectivity index is 4.77. The Hall–Kier alpha value is 0.314. The standard InChI is InChI=1S/C18H43NO2Si2/c1-8-14-16-19(23(11-4,12-5)13-6)17-15-18-22(7,20-9-2)21-10-3/h8-18H2,1-7H3. The van der Waals surface area contributed by atoms with Crippen LogP contribution in [-0.4, -0.2) is 47.7 Å². The maximum absolute atomic E-state index is 6.01. The summed E-state index contributed by atoms with van der Waals surface area (Å²) in [7, 11) is -3.20. The largest absolute Gasteiger partial charge is 0.395 e. The van der Waals surface area contributed by atoms with E-state index < -0.39 is 16.8 Å². The Morgan fingerprint density at radius 3 is 1.61 bits per heavy atom. The second-order valence-electron chi connectivity index (χ2n) is 6.73. The van der Waals surface area contributed by atoms with Crippen molar-refractivity contribution in [3.63, 3.8) is 0 Å². The molecular weight excluding hydrogens is 318 g/mol. The topological polar surface area (TPSA) is 21.7 Å². The highest BCUT2D eigenvalue weighted by Crippen LogP contribution is 2.27. The van der Waals surface area contributed by atoms with Crippen molar-refractivity contribution in [2.45, 2.75) is 91.5 Å². The predicted molar refractivity (Wildman–Crippen MR) is 108 cm³/mol. The third-order valence-corrected chi connectivity index (χ3v) is 14.2. The van der Waals surface area contributed by atoms with Crippen molar-refractivity contribution >= 4 is 16.8 Å². The summed E-state index contributed by atoms with van der Waals surface area (Å²) in [5, 5.41) is 0. The molecule has 0 aliphatic heterocycles. The molecule has 0 saturated carbocycles. The summed E-state index contributed by atoms with van der Waals surface area (Å²) < 4.78 is 14.9. The minimum atomic E-state index is -1.95. The minimum absolute atomic E-state index is 0.778. The maximum atomic E-state index is 6.01. The fraction of sp³-hybridized carbons (Fsp3) is 1.00. The molecule has 0 N–H and O–H groups in total. The lowest BCUT2D eigenvalue weighted by atomic mass is 10.3. The third kappa shape index (κ3) is 7.82. The monoisotopic (exact) mass is 361 g/mol. The molecule has 0 aromatic carbocycles. The van der Waals surface area contributed by atoms with Gasteiger partial charge in [0, 0.05) is 13.2 Å². The van der Waals surface area contributed by atoms with Crippen LogP contribution in [0.1, 0.15) is 60.8 Å². The van der Waals surface area contributed by atoms with Crippen LogP contribution in [0.25, 0.3) is 0 Å². The average molecular weight is 362 g/mol. The zero-order chi connectivity index (χ0) is 17.8. The zero-order valence-electron chi connectivity index (χ0n) is 17.0. The lowest BCUT2D eigenvalue weighted by Crippen LogP contribution is -2.53. The van der Waals surface area contributed by atoms with E-state index in [9.17, 15) is 0 Å². The molecule has 0 aromatic heterocycles. The van der Waals surface area contributed by atoms with Crippen LogP contribution in [-0.2, 0) is 8.85 Å². The van der Waals surface area contributed by atoms with Gasteiger partial charge in [0.05, 0.1) is 0 Å². The second kappa shape index (κ2) is 12.6. The van der Waals surface area contributed by atoms with Gasteiger partial charge in [0.25, 0.3) is 0 Å². The molecule has 0 fully saturated rings. The van der Waals surface area contributed by atoms with E-state index >= 15 is 0 Å². The zero-order valence-corrected chi connectivity index (χ0v) is 19.0. The van der Waals surface area contributed by atoms with E-state index in [1.165, 1.54) is 50.5 Å². The normalized spacial score (nSPS) is 13.0. The van der Waals surface area contributed by atoms with Gasteiger partial charge in [-0.2, -0.15) is 0 Å². The Kier molecular flexibility index (Phi) is 12.8. The van der Waals surface area contributed by atoms with Gasteiger partial charge < -0.3 is 13.4 Å². The Bertz CT molecular complexity index is 272. The van der Waals surface area contributed by atoms with Crippen molar-refractivity contribution in [3.8, 4) is 0 Å². The average Bonchev–Trinajstić information content (AvgIpc) is 2.54. The Morgan fingerprint density at radius 2 is 1.22 bits per heavy atom. The number of hydrogen-bond donors (Lipinski definition) is 0. The molecule has 0 aliphatic rings. The molecule has 5 heteroatoms. The van der Waals surface area contributed by atoms with Gasteiger partial charge in [-0.25, -0.2) is 0 Å². The SMILES string of the molecule is CCCCN(CCC[Si](C)(OCC)OCC)[Si](CC)(CC)CC. The van der Waals surface area contributed by atoms with Crippen LogP contribution in [0.3, 0.4) is 0 Å². The molecule has 0 spiro atoms. The van der Waals surface area contributed by atoms with Crippen molar-refractivity contribution < 1.29 is 8.85 Å². The van der Waals surface area contributed by atoms with Gasteiger partial charge in [-0.05, 0) is 70.5 Å². The number of hydrogen-bond acceptors (Lipinski definition) is 3. The van der Waals surface area contributed by atoms with Crippen LogP contribution in [0.2, 0.25) is 30.7 Å². The fourth-order valence-electron chi connectivity index (χ4n) is 3.74. The molecule has 0 heterocycles. The van der Waals surface area contributed by atoms with E-state index in [0.717, 1.165) is 19.3 Å². The summed E-state index contributed by atoms with van der Waals surface area (Å²) in [4.78, 5) is 0. The van der Waals surface area contributed by atoms with E-state index in [2.05, 4.69) is 52.7 Å². The molecular formula is C18H43NO2Si2. The molecule has 0 amide bonds. The van der Waals surface area contributed by atoms with Crippen LogP contribution < -0.4 is 0 Å². The molecule has 140 valence electrons. The van der Waals surface area contributed by atoms with Gasteiger partial charge in [-0.1, -0.05) is 34.1 Å². The van der Waals surface area contributed by atoms with Gasteiger partial charge in [-0.3, -0.25) is 0 Å². The van der Waals surface area contributed by atoms with Crippen LogP contribution in [0.4, 0.5) is 0 Å². The molecule has 0 saturated heterocycles. The first-order chi connectivity index (χ1) is 11.0. The highest BCUT2D eigenvalue weighted by atomic mass is 28.4. The van der Waals surface area contributed by atoms with Gasteiger partial charge in [0.2, 0.25) is 0 Å². The first-order valence-electron chi connectivity index (χ1n) is 10.00. The predicted octanol–water partition coefficient (Wildman–Crippen LogP) is 5.63. The van der Waals surface area contributed by atoms with Crippen molar-refractivity contribution in [1.82, 2.24) is 4.57 Å². The van der Waals surface area contributed by atoms with E-state index in [4.69, 9.17) is 8.85 Å². The van der Waals surface area contributed by atoms with Crippen LogP contribution in [0.5, 0.6) is 0 Å². The smallest absolute Gasteiger partial charge is 0.334 e. The van der Waals surface area contributed by atoms with E-state index in [0.29, 0.717) is 0 Å². The Labute approximate surface area is 148 Å². The summed E-state index contributed by atoms with van der Waals surface area (Å²) in [6.45, 7) is 20.0. The summed E-state index contributed by atoms with van der Waals surface area (Å²) in [6.07, 6.45) is 3.85. The number of rotatable bonds is 15. The summed E-state index contributed by atoms with van der Waals surface area (Å²) >= 11 is 0. The lowest BCUT2D eigenvalue weighted by molar-refractivity contribution is 0.187. The maximum Gasteiger partial charge on any atom is 0.334 e.